The van der Waals surface area contributed by atoms with E-state index >= 15 is 0 Å². The van der Waals surface area contributed by atoms with E-state index in [2.05, 4.69) is 57.3 Å². The first kappa shape index (κ1) is 26.6. The molecule has 0 aliphatic carbocycles. The molecule has 3 heterocycles. The van der Waals surface area contributed by atoms with Crippen LogP contribution in [-0.4, -0.2) is 53.0 Å². The van der Waals surface area contributed by atoms with Crippen molar-refractivity contribution in [3.8, 4) is 5.75 Å². The second kappa shape index (κ2) is 11.4. The standard InChI is InChI=1S/C27H32Cl2N8O/c1-27(2,3)24(26(36-18-30-17-31-36)38-20-13-11-19(28)12-14-20)37-25(32-33-34-37)23(35-15-7-4-8-16-35)21-9-5-6-10-22(21)29/h5-6,9-14,17-18,23-24,26H,4,7-8,15-16H2,1-3H3/t23-,24-,26-/m0/s1. The molecule has 0 radical (unpaired) electrons. The van der Waals surface area contributed by atoms with Crippen molar-refractivity contribution in [2.45, 2.75) is 58.3 Å². The van der Waals surface area contributed by atoms with E-state index in [-0.39, 0.29) is 17.5 Å². The molecule has 5 rings (SSSR count). The molecular formula is C27H32Cl2N8O. The van der Waals surface area contributed by atoms with Gasteiger partial charge in [-0.15, -0.1) is 5.10 Å². The van der Waals surface area contributed by atoms with Gasteiger partial charge in [-0.25, -0.2) is 14.3 Å². The third-order valence-electron chi connectivity index (χ3n) is 6.91. The lowest BCUT2D eigenvalue weighted by atomic mass is 9.85. The summed E-state index contributed by atoms with van der Waals surface area (Å²) in [5.74, 6) is 1.36. The number of likely N-dealkylation sites (tertiary alicyclic amines) is 1. The van der Waals surface area contributed by atoms with E-state index in [0.717, 1.165) is 31.5 Å². The Morgan fingerprint density at radius 2 is 1.68 bits per heavy atom. The number of nitrogens with zero attached hydrogens (tertiary/aromatic N) is 8. The van der Waals surface area contributed by atoms with Crippen LogP contribution >= 0.6 is 23.2 Å². The Kier molecular flexibility index (Phi) is 7.97. The van der Waals surface area contributed by atoms with Gasteiger partial charge in [0.1, 0.15) is 24.4 Å². The van der Waals surface area contributed by atoms with Gasteiger partial charge in [0.2, 0.25) is 6.23 Å². The third kappa shape index (κ3) is 5.70. The molecule has 0 amide bonds. The summed E-state index contributed by atoms with van der Waals surface area (Å²) >= 11 is 12.9. The fourth-order valence-electron chi connectivity index (χ4n) is 5.13. The van der Waals surface area contributed by atoms with Crippen molar-refractivity contribution in [3.63, 3.8) is 0 Å². The number of hydrogen-bond donors (Lipinski definition) is 0. The van der Waals surface area contributed by atoms with Crippen LogP contribution in [0.3, 0.4) is 0 Å². The van der Waals surface area contributed by atoms with Gasteiger partial charge in [0, 0.05) is 10.0 Å². The number of tetrazole rings is 1. The Balaban J connectivity index is 1.63. The first-order valence-electron chi connectivity index (χ1n) is 12.9. The van der Waals surface area contributed by atoms with Gasteiger partial charge in [0.25, 0.3) is 0 Å². The highest BCUT2D eigenvalue weighted by Crippen LogP contribution is 2.43. The number of piperidine rings is 1. The van der Waals surface area contributed by atoms with E-state index in [4.69, 9.17) is 27.9 Å². The van der Waals surface area contributed by atoms with Gasteiger partial charge >= 0.3 is 0 Å². The predicted molar refractivity (Wildman–Crippen MR) is 146 cm³/mol. The Morgan fingerprint density at radius 3 is 2.34 bits per heavy atom. The maximum atomic E-state index is 6.78. The quantitative estimate of drug-likeness (QED) is 0.263. The van der Waals surface area contributed by atoms with Gasteiger partial charge in [0.05, 0.1) is 6.04 Å². The maximum absolute atomic E-state index is 6.78. The van der Waals surface area contributed by atoms with Gasteiger partial charge in [-0.1, -0.05) is 68.6 Å². The largest absolute Gasteiger partial charge is 0.466 e. The third-order valence-corrected chi connectivity index (χ3v) is 7.50. The highest BCUT2D eigenvalue weighted by atomic mass is 35.5. The van der Waals surface area contributed by atoms with Crippen LogP contribution in [0.25, 0.3) is 0 Å². The molecule has 2 aromatic heterocycles. The molecule has 11 heteroatoms. The lowest BCUT2D eigenvalue weighted by molar-refractivity contribution is -0.00232. The van der Waals surface area contributed by atoms with Gasteiger partial charge in [-0.05, 0) is 77.7 Å². The lowest BCUT2D eigenvalue weighted by Crippen LogP contribution is -2.41. The van der Waals surface area contributed by atoms with Crippen molar-refractivity contribution >= 4 is 23.2 Å². The van der Waals surface area contributed by atoms with E-state index in [0.29, 0.717) is 21.6 Å². The maximum Gasteiger partial charge on any atom is 0.215 e. The normalized spacial score (nSPS) is 17.2. The number of ether oxygens (including phenoxy) is 1. The number of aromatic nitrogens is 7. The van der Waals surface area contributed by atoms with Crippen LogP contribution < -0.4 is 4.74 Å². The highest BCUT2D eigenvalue weighted by molar-refractivity contribution is 6.31. The first-order chi connectivity index (χ1) is 18.3. The van der Waals surface area contributed by atoms with Crippen LogP contribution in [0.15, 0.2) is 61.2 Å². The molecule has 1 aliphatic rings. The molecular weight excluding hydrogens is 523 g/mol. The van der Waals surface area contributed by atoms with Crippen LogP contribution in [0.1, 0.15) is 69.7 Å². The molecule has 1 fully saturated rings. The summed E-state index contributed by atoms with van der Waals surface area (Å²) in [4.78, 5) is 6.63. The summed E-state index contributed by atoms with van der Waals surface area (Å²) in [6.07, 6.45) is 6.00. The molecule has 3 atom stereocenters. The Morgan fingerprint density at radius 1 is 0.947 bits per heavy atom. The zero-order chi connectivity index (χ0) is 26.7. The van der Waals surface area contributed by atoms with E-state index < -0.39 is 6.23 Å². The number of hydrogen-bond acceptors (Lipinski definition) is 7. The van der Waals surface area contributed by atoms with Gasteiger partial charge in [0.15, 0.2) is 5.82 Å². The van der Waals surface area contributed by atoms with Crippen molar-refractivity contribution in [1.82, 2.24) is 39.9 Å². The van der Waals surface area contributed by atoms with Crippen molar-refractivity contribution in [2.24, 2.45) is 5.41 Å². The van der Waals surface area contributed by atoms with Gasteiger partial charge in [-0.2, -0.15) is 5.10 Å². The number of halogens is 2. The first-order valence-corrected chi connectivity index (χ1v) is 13.6. The smallest absolute Gasteiger partial charge is 0.215 e. The molecule has 200 valence electrons. The molecule has 2 aromatic carbocycles. The molecule has 0 unspecified atom stereocenters. The van der Waals surface area contributed by atoms with E-state index in [1.165, 1.54) is 12.7 Å². The monoisotopic (exact) mass is 554 g/mol. The van der Waals surface area contributed by atoms with Crippen molar-refractivity contribution in [2.75, 3.05) is 13.1 Å². The molecule has 9 nitrogen and oxygen atoms in total. The van der Waals surface area contributed by atoms with E-state index in [9.17, 15) is 0 Å². The summed E-state index contributed by atoms with van der Waals surface area (Å²) in [6, 6.07) is 14.6. The van der Waals surface area contributed by atoms with E-state index in [1.54, 1.807) is 23.1 Å². The minimum atomic E-state index is -0.603. The molecule has 1 aliphatic heterocycles. The van der Waals surface area contributed by atoms with E-state index in [1.807, 2.05) is 35.0 Å². The summed E-state index contributed by atoms with van der Waals surface area (Å²) in [5.41, 5.74) is 0.635. The topological polar surface area (TPSA) is 86.8 Å². The zero-order valence-corrected chi connectivity index (χ0v) is 23.3. The van der Waals surface area contributed by atoms with Crippen molar-refractivity contribution in [3.05, 3.63) is 82.6 Å². The van der Waals surface area contributed by atoms with Crippen molar-refractivity contribution < 1.29 is 4.74 Å². The van der Waals surface area contributed by atoms with Crippen molar-refractivity contribution in [1.29, 1.82) is 0 Å². The molecule has 38 heavy (non-hydrogen) atoms. The average molecular weight is 556 g/mol. The Labute approximate surface area is 232 Å². The molecule has 0 saturated carbocycles. The van der Waals surface area contributed by atoms with Crippen LogP contribution in [-0.2, 0) is 0 Å². The number of benzene rings is 2. The molecule has 0 spiro atoms. The second-order valence-electron chi connectivity index (χ2n) is 10.7. The fourth-order valence-corrected chi connectivity index (χ4v) is 5.50. The molecule has 4 aromatic rings. The van der Waals surface area contributed by atoms with Gasteiger partial charge in [-0.3, -0.25) is 4.90 Å². The zero-order valence-electron chi connectivity index (χ0n) is 21.8. The van der Waals surface area contributed by atoms with Crippen LogP contribution in [0.4, 0.5) is 0 Å². The molecule has 0 bridgehead atoms. The minimum absolute atomic E-state index is 0.212. The average Bonchev–Trinajstić information content (AvgIpc) is 3.59. The predicted octanol–water partition coefficient (Wildman–Crippen LogP) is 6.01. The summed E-state index contributed by atoms with van der Waals surface area (Å²) in [5, 5.41) is 19.1. The molecule has 0 N–H and O–H groups in total. The van der Waals surface area contributed by atoms with Crippen LogP contribution in [0.2, 0.25) is 10.0 Å². The lowest BCUT2D eigenvalue weighted by Gasteiger charge is -2.39. The minimum Gasteiger partial charge on any atom is -0.466 e. The Bertz CT molecular complexity index is 1310. The SMILES string of the molecule is CC(C)(C)[C@H]([C@H](Oc1ccc(Cl)cc1)n1cncn1)n1nnnc1[C@H](c1ccccc1Cl)N1CCCCC1. The van der Waals surface area contributed by atoms with Crippen LogP contribution in [0.5, 0.6) is 5.75 Å². The summed E-state index contributed by atoms with van der Waals surface area (Å²) in [7, 11) is 0. The fraction of sp³-hybridized carbons (Fsp3) is 0.444. The second-order valence-corrected chi connectivity index (χ2v) is 11.5. The summed E-state index contributed by atoms with van der Waals surface area (Å²) < 4.78 is 10.2. The Hall–Kier alpha value is -3.01. The summed E-state index contributed by atoms with van der Waals surface area (Å²) in [6.45, 7) is 8.31. The van der Waals surface area contributed by atoms with Gasteiger partial charge < -0.3 is 4.74 Å². The highest BCUT2D eigenvalue weighted by Gasteiger charge is 2.42. The molecule has 1 saturated heterocycles. The number of rotatable bonds is 8. The van der Waals surface area contributed by atoms with Crippen LogP contribution in [0, 0.1) is 5.41 Å².